The zero-order valence-corrected chi connectivity index (χ0v) is 16.9. The van der Waals surface area contributed by atoms with E-state index in [2.05, 4.69) is 38.1 Å². The predicted molar refractivity (Wildman–Crippen MR) is 115 cm³/mol. The lowest BCUT2D eigenvalue weighted by Crippen LogP contribution is -2.22. The summed E-state index contributed by atoms with van der Waals surface area (Å²) in [5, 5.41) is 7.16. The zero-order chi connectivity index (χ0) is 21.4. The van der Waals surface area contributed by atoms with Crippen LogP contribution in [-0.4, -0.2) is 31.0 Å². The van der Waals surface area contributed by atoms with Gasteiger partial charge in [-0.1, -0.05) is 18.2 Å². The van der Waals surface area contributed by atoms with E-state index in [9.17, 15) is 9.59 Å². The van der Waals surface area contributed by atoms with Crippen LogP contribution in [0, 0.1) is 0 Å². The SMILES string of the molecule is NC(=O)c1ccc(CNC(=O)c2cnn(Cc3cn4cc(C5CC5)ccc4n3)c2)cc1. The van der Waals surface area contributed by atoms with Crippen LogP contribution in [0.2, 0.25) is 0 Å². The first-order valence-electron chi connectivity index (χ1n) is 10.2. The highest BCUT2D eigenvalue weighted by Crippen LogP contribution is 2.39. The first-order valence-corrected chi connectivity index (χ1v) is 10.2. The number of benzene rings is 1. The number of primary amides is 1. The van der Waals surface area contributed by atoms with E-state index in [1.54, 1.807) is 41.3 Å². The van der Waals surface area contributed by atoms with Crippen molar-refractivity contribution in [2.75, 3.05) is 0 Å². The molecule has 0 radical (unpaired) electrons. The van der Waals surface area contributed by atoms with Gasteiger partial charge in [0.15, 0.2) is 0 Å². The minimum Gasteiger partial charge on any atom is -0.366 e. The van der Waals surface area contributed by atoms with Gasteiger partial charge in [0.1, 0.15) is 5.65 Å². The van der Waals surface area contributed by atoms with Gasteiger partial charge in [0.05, 0.1) is 24.0 Å². The van der Waals surface area contributed by atoms with E-state index in [0.717, 1.165) is 16.9 Å². The maximum Gasteiger partial charge on any atom is 0.254 e. The highest BCUT2D eigenvalue weighted by Gasteiger charge is 2.23. The molecule has 1 aromatic carbocycles. The third kappa shape index (κ3) is 4.18. The Labute approximate surface area is 178 Å². The monoisotopic (exact) mass is 414 g/mol. The lowest BCUT2D eigenvalue weighted by atomic mass is 10.1. The van der Waals surface area contributed by atoms with Gasteiger partial charge >= 0.3 is 0 Å². The quantitative estimate of drug-likeness (QED) is 0.484. The van der Waals surface area contributed by atoms with E-state index in [4.69, 9.17) is 5.73 Å². The van der Waals surface area contributed by atoms with Gasteiger partial charge in [-0.25, -0.2) is 4.98 Å². The molecule has 0 saturated heterocycles. The van der Waals surface area contributed by atoms with Gasteiger partial charge < -0.3 is 15.5 Å². The summed E-state index contributed by atoms with van der Waals surface area (Å²) < 4.78 is 3.77. The van der Waals surface area contributed by atoms with Gasteiger partial charge in [-0.2, -0.15) is 5.10 Å². The Kier molecular flexibility index (Phi) is 4.74. The standard InChI is InChI=1S/C23H22N6O2/c24-22(30)17-3-1-15(2-4-17)9-25-23(31)19-10-26-29(12-19)14-20-13-28-11-18(16-5-6-16)7-8-21(28)27-20/h1-4,7-8,10-13,16H,5-6,9,14H2,(H2,24,30)(H,25,31). The molecule has 0 aliphatic heterocycles. The summed E-state index contributed by atoms with van der Waals surface area (Å²) in [5.74, 6) is 0.00907. The van der Waals surface area contributed by atoms with Gasteiger partial charge in [0.2, 0.25) is 5.91 Å². The molecular formula is C23H22N6O2. The second-order valence-corrected chi connectivity index (χ2v) is 7.90. The zero-order valence-electron chi connectivity index (χ0n) is 16.9. The second kappa shape index (κ2) is 7.71. The number of nitrogens with one attached hydrogen (secondary N) is 1. The normalized spacial score (nSPS) is 13.4. The van der Waals surface area contributed by atoms with E-state index in [1.807, 2.05) is 6.20 Å². The van der Waals surface area contributed by atoms with Crippen molar-refractivity contribution in [1.82, 2.24) is 24.5 Å². The molecular weight excluding hydrogens is 392 g/mol. The van der Waals surface area contributed by atoms with Crippen molar-refractivity contribution in [3.05, 3.63) is 89.1 Å². The lowest BCUT2D eigenvalue weighted by Gasteiger charge is -2.04. The van der Waals surface area contributed by atoms with E-state index in [0.29, 0.717) is 30.1 Å². The highest BCUT2D eigenvalue weighted by atomic mass is 16.2. The van der Waals surface area contributed by atoms with E-state index in [-0.39, 0.29) is 5.91 Å². The number of nitrogens with two attached hydrogens (primary N) is 1. The third-order valence-electron chi connectivity index (χ3n) is 5.48. The number of rotatable bonds is 7. The molecule has 1 aliphatic rings. The molecule has 2 amide bonds. The molecule has 3 heterocycles. The number of carbonyl (C=O) groups is 2. The number of nitrogens with zero attached hydrogens (tertiary/aromatic N) is 4. The van der Waals surface area contributed by atoms with Crippen molar-refractivity contribution in [2.24, 2.45) is 5.73 Å². The fraction of sp³-hybridized carbons (Fsp3) is 0.217. The minimum absolute atomic E-state index is 0.214. The number of fused-ring (bicyclic) bond motifs is 1. The first kappa shape index (κ1) is 19.0. The maximum atomic E-state index is 12.4. The Morgan fingerprint density at radius 2 is 1.84 bits per heavy atom. The van der Waals surface area contributed by atoms with Gasteiger partial charge in [0, 0.05) is 30.7 Å². The summed E-state index contributed by atoms with van der Waals surface area (Å²) in [5.41, 5.74) is 10.2. The number of hydrogen-bond donors (Lipinski definition) is 2. The molecule has 4 aromatic rings. The highest BCUT2D eigenvalue weighted by molar-refractivity contribution is 5.94. The van der Waals surface area contributed by atoms with Crippen molar-refractivity contribution >= 4 is 17.5 Å². The number of pyridine rings is 1. The molecule has 3 aromatic heterocycles. The Hall–Kier alpha value is -3.94. The van der Waals surface area contributed by atoms with Crippen LogP contribution in [-0.2, 0) is 13.1 Å². The molecule has 8 nitrogen and oxygen atoms in total. The molecule has 0 spiro atoms. The first-order chi connectivity index (χ1) is 15.0. The molecule has 8 heteroatoms. The Bertz CT molecular complexity index is 1270. The van der Waals surface area contributed by atoms with Gasteiger partial charge in [0.25, 0.3) is 5.91 Å². The summed E-state index contributed by atoms with van der Waals surface area (Å²) >= 11 is 0. The van der Waals surface area contributed by atoms with Crippen LogP contribution in [0.3, 0.4) is 0 Å². The Morgan fingerprint density at radius 1 is 1.03 bits per heavy atom. The van der Waals surface area contributed by atoms with Gasteiger partial charge in [-0.3, -0.25) is 14.3 Å². The van der Waals surface area contributed by atoms with E-state index >= 15 is 0 Å². The summed E-state index contributed by atoms with van der Waals surface area (Å²) in [7, 11) is 0. The van der Waals surface area contributed by atoms with Crippen LogP contribution < -0.4 is 11.1 Å². The number of imidazole rings is 1. The molecule has 5 rings (SSSR count). The van der Waals surface area contributed by atoms with Crippen molar-refractivity contribution in [3.63, 3.8) is 0 Å². The molecule has 0 atom stereocenters. The largest absolute Gasteiger partial charge is 0.366 e. The van der Waals surface area contributed by atoms with Gasteiger partial charge in [-0.05, 0) is 48.1 Å². The number of carbonyl (C=O) groups excluding carboxylic acids is 2. The summed E-state index contributed by atoms with van der Waals surface area (Å²) in [6, 6.07) is 11.0. The number of amides is 2. The fourth-order valence-electron chi connectivity index (χ4n) is 3.60. The number of aromatic nitrogens is 4. The Morgan fingerprint density at radius 3 is 2.58 bits per heavy atom. The fourth-order valence-corrected chi connectivity index (χ4v) is 3.60. The second-order valence-electron chi connectivity index (χ2n) is 7.90. The summed E-state index contributed by atoms with van der Waals surface area (Å²) in [4.78, 5) is 28.2. The molecule has 1 fully saturated rings. The topological polar surface area (TPSA) is 107 Å². The van der Waals surface area contributed by atoms with Crippen molar-refractivity contribution in [3.8, 4) is 0 Å². The number of hydrogen-bond acceptors (Lipinski definition) is 4. The Balaban J connectivity index is 1.21. The van der Waals surface area contributed by atoms with Crippen LogP contribution in [0.5, 0.6) is 0 Å². The minimum atomic E-state index is -0.475. The average Bonchev–Trinajstić information content (AvgIpc) is 3.39. The van der Waals surface area contributed by atoms with Crippen LogP contribution in [0.1, 0.15) is 56.3 Å². The molecule has 156 valence electrons. The predicted octanol–water partition coefficient (Wildman–Crippen LogP) is 2.49. The van der Waals surface area contributed by atoms with Crippen molar-refractivity contribution in [1.29, 1.82) is 0 Å². The lowest BCUT2D eigenvalue weighted by molar-refractivity contribution is 0.0949. The molecule has 31 heavy (non-hydrogen) atoms. The molecule has 0 unspecified atom stereocenters. The van der Waals surface area contributed by atoms with E-state index in [1.165, 1.54) is 18.4 Å². The van der Waals surface area contributed by atoms with Crippen LogP contribution >= 0.6 is 0 Å². The van der Waals surface area contributed by atoms with Crippen molar-refractivity contribution in [2.45, 2.75) is 31.8 Å². The smallest absolute Gasteiger partial charge is 0.254 e. The molecule has 3 N–H and O–H groups in total. The summed E-state index contributed by atoms with van der Waals surface area (Å²) in [6.07, 6.45) is 9.96. The summed E-state index contributed by atoms with van der Waals surface area (Å²) in [6.45, 7) is 0.834. The molecule has 1 saturated carbocycles. The third-order valence-corrected chi connectivity index (χ3v) is 5.48. The maximum absolute atomic E-state index is 12.4. The van der Waals surface area contributed by atoms with E-state index < -0.39 is 5.91 Å². The van der Waals surface area contributed by atoms with Crippen molar-refractivity contribution < 1.29 is 9.59 Å². The molecule has 1 aliphatic carbocycles. The van der Waals surface area contributed by atoms with Crippen LogP contribution in [0.25, 0.3) is 5.65 Å². The van der Waals surface area contributed by atoms with Gasteiger partial charge in [-0.15, -0.1) is 0 Å². The average molecular weight is 414 g/mol. The van der Waals surface area contributed by atoms with Crippen LogP contribution in [0.15, 0.2) is 61.2 Å². The molecule has 0 bridgehead atoms. The van der Waals surface area contributed by atoms with Crippen LogP contribution in [0.4, 0.5) is 0 Å².